The molecule has 1 saturated heterocycles. The maximum absolute atomic E-state index is 12.1. The second kappa shape index (κ2) is 6.44. The number of ether oxygens (including phenoxy) is 1. The number of esters is 1. The molecule has 1 saturated carbocycles. The van der Waals surface area contributed by atoms with Gasteiger partial charge in [0.2, 0.25) is 0 Å². The lowest BCUT2D eigenvalue weighted by Crippen LogP contribution is -2.53. The van der Waals surface area contributed by atoms with E-state index in [1.807, 2.05) is 6.92 Å². The van der Waals surface area contributed by atoms with Crippen LogP contribution in [-0.4, -0.2) is 49.2 Å². The van der Waals surface area contributed by atoms with Crippen LogP contribution in [0.15, 0.2) is 0 Å². The van der Waals surface area contributed by atoms with Crippen LogP contribution >= 0.6 is 0 Å². The Morgan fingerprint density at radius 3 is 2.55 bits per heavy atom. The highest BCUT2D eigenvalue weighted by Crippen LogP contribution is 2.27. The van der Waals surface area contributed by atoms with E-state index in [4.69, 9.17) is 4.74 Å². The number of nitrogens with one attached hydrogen (secondary N) is 1. The largest absolute Gasteiger partial charge is 0.468 e. The van der Waals surface area contributed by atoms with Gasteiger partial charge in [-0.15, -0.1) is 0 Å². The second-order valence-electron chi connectivity index (χ2n) is 7.04. The third kappa shape index (κ3) is 3.95. The van der Waals surface area contributed by atoms with Crippen LogP contribution in [0.5, 0.6) is 0 Å². The van der Waals surface area contributed by atoms with E-state index in [9.17, 15) is 4.79 Å². The minimum absolute atomic E-state index is 0.122. The van der Waals surface area contributed by atoms with Gasteiger partial charge in [0.15, 0.2) is 0 Å². The van der Waals surface area contributed by atoms with Crippen molar-refractivity contribution in [3.05, 3.63) is 0 Å². The first-order valence-corrected chi connectivity index (χ1v) is 8.03. The van der Waals surface area contributed by atoms with Gasteiger partial charge >= 0.3 is 5.97 Å². The number of rotatable bonds is 6. The molecule has 0 amide bonds. The van der Waals surface area contributed by atoms with Gasteiger partial charge in [0.1, 0.15) is 5.54 Å². The molecule has 3 atom stereocenters. The zero-order chi connectivity index (χ0) is 14.8. The number of nitrogens with zero attached hydrogens (tertiary/aromatic N) is 1. The van der Waals surface area contributed by atoms with E-state index in [0.29, 0.717) is 6.04 Å². The number of hydrogen-bond donors (Lipinski definition) is 1. The summed E-state index contributed by atoms with van der Waals surface area (Å²) in [5, 5.41) is 3.48. The fourth-order valence-corrected chi connectivity index (χ4v) is 3.07. The second-order valence-corrected chi connectivity index (χ2v) is 7.04. The quantitative estimate of drug-likeness (QED) is 0.757. The van der Waals surface area contributed by atoms with Crippen LogP contribution in [0.2, 0.25) is 0 Å². The summed E-state index contributed by atoms with van der Waals surface area (Å²) in [7, 11) is 1.49. The molecule has 116 valence electrons. The number of carbonyl (C=O) groups is 1. The number of piperidine rings is 1. The first-order chi connectivity index (χ1) is 9.44. The summed E-state index contributed by atoms with van der Waals surface area (Å²) in [5.41, 5.74) is -0.526. The van der Waals surface area contributed by atoms with Gasteiger partial charge in [0, 0.05) is 19.1 Å². The Balaban J connectivity index is 1.86. The van der Waals surface area contributed by atoms with Gasteiger partial charge in [-0.25, -0.2) is 0 Å². The fraction of sp³-hybridized carbons (Fsp3) is 0.938. The van der Waals surface area contributed by atoms with E-state index in [2.05, 4.69) is 24.1 Å². The van der Waals surface area contributed by atoms with Crippen LogP contribution in [-0.2, 0) is 9.53 Å². The lowest BCUT2D eigenvalue weighted by atomic mass is 9.88. The zero-order valence-corrected chi connectivity index (χ0v) is 13.4. The molecule has 2 fully saturated rings. The van der Waals surface area contributed by atoms with Gasteiger partial charge in [0.05, 0.1) is 7.11 Å². The summed E-state index contributed by atoms with van der Waals surface area (Å²) in [6, 6.07) is 0.513. The Bertz CT molecular complexity index is 343. The van der Waals surface area contributed by atoms with Gasteiger partial charge in [-0.1, -0.05) is 13.8 Å². The third-order valence-electron chi connectivity index (χ3n) is 5.08. The molecule has 1 aliphatic carbocycles. The number of methoxy groups -OCH3 is 1. The predicted octanol–water partition coefficient (Wildman–Crippen LogP) is 2.04. The van der Waals surface area contributed by atoms with Crippen LogP contribution in [0.3, 0.4) is 0 Å². The van der Waals surface area contributed by atoms with E-state index >= 15 is 0 Å². The lowest BCUT2D eigenvalue weighted by molar-refractivity contribution is -0.148. The molecule has 3 unspecified atom stereocenters. The SMILES string of the molecule is COC(=O)C(C)(CCN1CCC(C)C(C)C1)NC1CC1. The summed E-state index contributed by atoms with van der Waals surface area (Å²) in [6.45, 7) is 9.96. The monoisotopic (exact) mass is 282 g/mol. The van der Waals surface area contributed by atoms with Crippen LogP contribution in [0.25, 0.3) is 0 Å². The highest BCUT2D eigenvalue weighted by atomic mass is 16.5. The first-order valence-electron chi connectivity index (χ1n) is 8.03. The molecule has 4 nitrogen and oxygen atoms in total. The van der Waals surface area contributed by atoms with Crippen molar-refractivity contribution < 1.29 is 9.53 Å². The first kappa shape index (κ1) is 15.8. The van der Waals surface area contributed by atoms with Crippen molar-refractivity contribution in [2.45, 2.75) is 58.0 Å². The maximum atomic E-state index is 12.1. The van der Waals surface area contributed by atoms with Crippen LogP contribution in [0, 0.1) is 11.8 Å². The molecule has 0 aromatic heterocycles. The molecule has 2 rings (SSSR count). The Hall–Kier alpha value is -0.610. The van der Waals surface area contributed by atoms with Gasteiger partial charge < -0.3 is 9.64 Å². The molecule has 0 radical (unpaired) electrons. The Morgan fingerprint density at radius 2 is 2.00 bits per heavy atom. The molecule has 1 heterocycles. The smallest absolute Gasteiger partial charge is 0.325 e. The lowest BCUT2D eigenvalue weighted by Gasteiger charge is -2.37. The summed E-state index contributed by atoms with van der Waals surface area (Å²) in [4.78, 5) is 14.6. The average Bonchev–Trinajstić information content (AvgIpc) is 3.23. The highest BCUT2D eigenvalue weighted by Gasteiger charge is 2.39. The summed E-state index contributed by atoms with van der Waals surface area (Å²) < 4.78 is 5.00. The molecule has 1 aliphatic heterocycles. The standard InChI is InChI=1S/C16H30N2O2/c1-12-7-9-18(11-13(12)2)10-8-16(3,15(19)20-4)17-14-5-6-14/h12-14,17H,5-11H2,1-4H3. The minimum atomic E-state index is -0.526. The fourth-order valence-electron chi connectivity index (χ4n) is 3.07. The predicted molar refractivity (Wildman–Crippen MR) is 80.6 cm³/mol. The number of likely N-dealkylation sites (tertiary alicyclic amines) is 1. The maximum Gasteiger partial charge on any atom is 0.325 e. The highest BCUT2D eigenvalue weighted by molar-refractivity contribution is 5.80. The van der Waals surface area contributed by atoms with Gasteiger partial charge in [-0.05, 0) is 51.0 Å². The van der Waals surface area contributed by atoms with Crippen molar-refractivity contribution in [3.63, 3.8) is 0 Å². The van der Waals surface area contributed by atoms with Gasteiger partial charge in [-0.3, -0.25) is 10.1 Å². The normalized spacial score (nSPS) is 30.8. The molecule has 0 bridgehead atoms. The van der Waals surface area contributed by atoms with Crippen molar-refractivity contribution in [2.24, 2.45) is 11.8 Å². The van der Waals surface area contributed by atoms with Crippen LogP contribution in [0.4, 0.5) is 0 Å². The van der Waals surface area contributed by atoms with Crippen LogP contribution < -0.4 is 5.32 Å². The van der Waals surface area contributed by atoms with E-state index in [1.165, 1.54) is 26.4 Å². The number of carbonyl (C=O) groups excluding carboxylic acids is 1. The molecule has 20 heavy (non-hydrogen) atoms. The molecule has 0 spiro atoms. The van der Waals surface area contributed by atoms with Gasteiger partial charge in [0.25, 0.3) is 0 Å². The van der Waals surface area contributed by atoms with Gasteiger partial charge in [-0.2, -0.15) is 0 Å². The van der Waals surface area contributed by atoms with E-state index in [1.54, 1.807) is 0 Å². The topological polar surface area (TPSA) is 41.6 Å². The summed E-state index contributed by atoms with van der Waals surface area (Å²) in [5.74, 6) is 1.45. The van der Waals surface area contributed by atoms with Crippen LogP contribution in [0.1, 0.15) is 46.5 Å². The van der Waals surface area contributed by atoms with Crippen molar-refractivity contribution >= 4 is 5.97 Å². The number of hydrogen-bond acceptors (Lipinski definition) is 4. The third-order valence-corrected chi connectivity index (χ3v) is 5.08. The molecule has 0 aromatic carbocycles. The average molecular weight is 282 g/mol. The van der Waals surface area contributed by atoms with Crippen molar-refractivity contribution in [1.82, 2.24) is 10.2 Å². The molecule has 1 N–H and O–H groups in total. The minimum Gasteiger partial charge on any atom is -0.468 e. The van der Waals surface area contributed by atoms with E-state index in [0.717, 1.165) is 37.9 Å². The Labute approximate surface area is 123 Å². The molecular weight excluding hydrogens is 252 g/mol. The zero-order valence-electron chi connectivity index (χ0n) is 13.4. The molecule has 4 heteroatoms. The Kier molecular flexibility index (Phi) is 5.08. The van der Waals surface area contributed by atoms with Crippen molar-refractivity contribution in [3.8, 4) is 0 Å². The van der Waals surface area contributed by atoms with Crippen molar-refractivity contribution in [1.29, 1.82) is 0 Å². The van der Waals surface area contributed by atoms with Crippen molar-refractivity contribution in [2.75, 3.05) is 26.7 Å². The molecule has 2 aliphatic rings. The summed E-state index contributed by atoms with van der Waals surface area (Å²) in [6.07, 6.45) is 4.47. The molecule has 0 aromatic rings. The summed E-state index contributed by atoms with van der Waals surface area (Å²) >= 11 is 0. The van der Waals surface area contributed by atoms with E-state index < -0.39 is 5.54 Å². The molecular formula is C16H30N2O2. The Morgan fingerprint density at radius 1 is 1.30 bits per heavy atom. The van der Waals surface area contributed by atoms with E-state index in [-0.39, 0.29) is 5.97 Å².